The molecule has 3 aromatic heterocycles. The highest BCUT2D eigenvalue weighted by molar-refractivity contribution is 6.40. The summed E-state index contributed by atoms with van der Waals surface area (Å²) in [5, 5.41) is 9.91. The lowest BCUT2D eigenvalue weighted by molar-refractivity contribution is -0.145. The van der Waals surface area contributed by atoms with Crippen molar-refractivity contribution in [3.05, 3.63) is 83.6 Å². The van der Waals surface area contributed by atoms with Crippen LogP contribution in [0, 0.1) is 0 Å². The zero-order valence-corrected chi connectivity index (χ0v) is 18.2. The molecule has 5 rings (SSSR count). The van der Waals surface area contributed by atoms with Gasteiger partial charge < -0.3 is 10.2 Å². The van der Waals surface area contributed by atoms with E-state index in [9.17, 15) is 22.8 Å². The van der Waals surface area contributed by atoms with E-state index in [1.165, 1.54) is 23.4 Å². The molecule has 0 aliphatic heterocycles. The van der Waals surface area contributed by atoms with Gasteiger partial charge in [-0.25, -0.2) is 0 Å². The summed E-state index contributed by atoms with van der Waals surface area (Å²) in [5.74, 6) is -1.73. The number of carbonyl (C=O) groups excluding carboxylic acids is 2. The number of aromatic amines is 1. The van der Waals surface area contributed by atoms with Gasteiger partial charge in [0, 0.05) is 17.8 Å². The Balaban J connectivity index is 1.44. The summed E-state index contributed by atoms with van der Waals surface area (Å²) < 4.78 is 38.9. The number of anilines is 1. The van der Waals surface area contributed by atoms with Crippen LogP contribution in [0.15, 0.2) is 61.2 Å². The first-order valence-corrected chi connectivity index (χ1v) is 10.8. The second-order valence-electron chi connectivity index (χ2n) is 8.20. The van der Waals surface area contributed by atoms with Crippen LogP contribution in [0.1, 0.15) is 34.8 Å². The van der Waals surface area contributed by atoms with Crippen molar-refractivity contribution in [2.24, 2.45) is 0 Å². The number of aryl methyl sites for hydroxylation is 1. The highest BCUT2D eigenvalue weighted by atomic mass is 19.4. The molecule has 0 saturated heterocycles. The van der Waals surface area contributed by atoms with Crippen LogP contribution in [-0.4, -0.2) is 36.9 Å². The molecule has 11 heteroatoms. The lowest BCUT2D eigenvalue weighted by Gasteiger charge is -2.29. The Kier molecular flexibility index (Phi) is 5.67. The summed E-state index contributed by atoms with van der Waals surface area (Å²) in [6.45, 7) is -0.129. The van der Waals surface area contributed by atoms with Gasteiger partial charge in [0.05, 0.1) is 47.4 Å². The van der Waals surface area contributed by atoms with E-state index in [4.69, 9.17) is 0 Å². The number of benzene rings is 1. The van der Waals surface area contributed by atoms with E-state index in [0.29, 0.717) is 23.7 Å². The quantitative estimate of drug-likeness (QED) is 0.430. The summed E-state index contributed by atoms with van der Waals surface area (Å²) in [5.41, 5.74) is 2.12. The first-order chi connectivity index (χ1) is 16.8. The Morgan fingerprint density at radius 1 is 1.09 bits per heavy atom. The fourth-order valence-corrected chi connectivity index (χ4v) is 4.31. The largest absolute Gasteiger partial charge is 0.417 e. The Morgan fingerprint density at radius 3 is 2.69 bits per heavy atom. The third-order valence-corrected chi connectivity index (χ3v) is 6.02. The van der Waals surface area contributed by atoms with Crippen molar-refractivity contribution >= 4 is 28.4 Å². The van der Waals surface area contributed by atoms with Crippen LogP contribution in [0.4, 0.5) is 18.9 Å². The second-order valence-corrected chi connectivity index (χ2v) is 8.20. The standard InChI is InChI=1S/C24H19F3N6O2/c25-24(26,27)16-6-7-17(29-11-16)13-33(20-8-5-14-3-1-2-4-18(14)20)23(35)22(34)31-19-12-28-9-15-10-30-32-21(15)19/h1-4,6-7,9-12,20H,5,8,13H2,(H,30,32)(H,31,34). The lowest BCUT2D eigenvalue weighted by atomic mass is 10.1. The van der Waals surface area contributed by atoms with Crippen LogP contribution in [0.5, 0.6) is 0 Å². The minimum Gasteiger partial charge on any atom is -0.321 e. The highest BCUT2D eigenvalue weighted by Gasteiger charge is 2.35. The van der Waals surface area contributed by atoms with Crippen molar-refractivity contribution in [3.63, 3.8) is 0 Å². The van der Waals surface area contributed by atoms with E-state index in [1.54, 1.807) is 6.20 Å². The highest BCUT2D eigenvalue weighted by Crippen LogP contribution is 2.37. The number of alkyl halides is 3. The molecule has 3 heterocycles. The average Bonchev–Trinajstić information content (AvgIpc) is 3.50. The molecule has 0 radical (unpaired) electrons. The summed E-state index contributed by atoms with van der Waals surface area (Å²) >= 11 is 0. The molecule has 1 aliphatic carbocycles. The Labute approximate surface area is 197 Å². The van der Waals surface area contributed by atoms with Crippen LogP contribution in [0.3, 0.4) is 0 Å². The number of nitrogens with one attached hydrogen (secondary N) is 2. The zero-order chi connectivity index (χ0) is 24.6. The number of hydrogen-bond acceptors (Lipinski definition) is 5. The molecule has 178 valence electrons. The molecule has 1 unspecified atom stereocenters. The van der Waals surface area contributed by atoms with E-state index < -0.39 is 29.6 Å². The topological polar surface area (TPSA) is 104 Å². The van der Waals surface area contributed by atoms with Crippen LogP contribution >= 0.6 is 0 Å². The van der Waals surface area contributed by atoms with Crippen molar-refractivity contribution in [3.8, 4) is 0 Å². The minimum atomic E-state index is -4.52. The number of halogens is 3. The van der Waals surface area contributed by atoms with Gasteiger partial charge in [-0.1, -0.05) is 24.3 Å². The molecule has 0 saturated carbocycles. The summed E-state index contributed by atoms with van der Waals surface area (Å²) in [6, 6.07) is 9.31. The van der Waals surface area contributed by atoms with E-state index in [0.717, 1.165) is 23.4 Å². The first-order valence-electron chi connectivity index (χ1n) is 10.8. The fraction of sp³-hybridized carbons (Fsp3) is 0.208. The molecule has 4 aromatic rings. The molecule has 0 fully saturated rings. The maximum atomic E-state index is 13.4. The van der Waals surface area contributed by atoms with E-state index in [-0.39, 0.29) is 17.9 Å². The molecule has 8 nitrogen and oxygen atoms in total. The number of aromatic nitrogens is 4. The Hall–Kier alpha value is -4.28. The van der Waals surface area contributed by atoms with Crippen molar-refractivity contribution in [1.82, 2.24) is 25.1 Å². The van der Waals surface area contributed by atoms with Crippen molar-refractivity contribution < 1.29 is 22.8 Å². The maximum Gasteiger partial charge on any atom is 0.417 e. The van der Waals surface area contributed by atoms with Crippen molar-refractivity contribution in [1.29, 1.82) is 0 Å². The monoisotopic (exact) mass is 480 g/mol. The number of fused-ring (bicyclic) bond motifs is 2. The van der Waals surface area contributed by atoms with Crippen LogP contribution in [0.25, 0.3) is 10.9 Å². The summed E-state index contributed by atoms with van der Waals surface area (Å²) in [6.07, 6.45) is 2.00. The van der Waals surface area contributed by atoms with Gasteiger partial charge in [0.15, 0.2) is 0 Å². The molecule has 1 aromatic carbocycles. The fourth-order valence-electron chi connectivity index (χ4n) is 4.31. The number of pyridine rings is 2. The van der Waals surface area contributed by atoms with Gasteiger partial charge in [-0.05, 0) is 36.1 Å². The van der Waals surface area contributed by atoms with Crippen molar-refractivity contribution in [2.45, 2.75) is 31.6 Å². The number of H-pyrrole nitrogens is 1. The molecule has 2 amide bonds. The van der Waals surface area contributed by atoms with E-state index in [2.05, 4.69) is 25.5 Å². The predicted molar refractivity (Wildman–Crippen MR) is 120 cm³/mol. The minimum absolute atomic E-state index is 0.129. The molecule has 1 aliphatic rings. The summed E-state index contributed by atoms with van der Waals surface area (Å²) in [7, 11) is 0. The number of carbonyl (C=O) groups is 2. The second kappa shape index (κ2) is 8.82. The molecular formula is C24H19F3N6O2. The van der Waals surface area contributed by atoms with Gasteiger partial charge in [-0.15, -0.1) is 0 Å². The van der Waals surface area contributed by atoms with Crippen LogP contribution in [-0.2, 0) is 28.7 Å². The normalized spacial score (nSPS) is 15.1. The van der Waals surface area contributed by atoms with Gasteiger partial charge in [0.25, 0.3) is 0 Å². The molecule has 1 atom stereocenters. The number of amides is 2. The summed E-state index contributed by atoms with van der Waals surface area (Å²) in [4.78, 5) is 35.7. The first kappa shape index (κ1) is 22.5. The Morgan fingerprint density at radius 2 is 1.91 bits per heavy atom. The van der Waals surface area contributed by atoms with Crippen molar-refractivity contribution in [2.75, 3.05) is 5.32 Å². The van der Waals surface area contributed by atoms with Gasteiger partial charge in [0.2, 0.25) is 0 Å². The van der Waals surface area contributed by atoms with Gasteiger partial charge >= 0.3 is 18.0 Å². The molecule has 0 spiro atoms. The third-order valence-electron chi connectivity index (χ3n) is 6.02. The van der Waals surface area contributed by atoms with E-state index >= 15 is 0 Å². The predicted octanol–water partition coefficient (Wildman–Crippen LogP) is 4.03. The smallest absolute Gasteiger partial charge is 0.321 e. The van der Waals surface area contributed by atoms with Gasteiger partial charge in [-0.2, -0.15) is 18.3 Å². The van der Waals surface area contributed by atoms with Crippen LogP contribution in [0.2, 0.25) is 0 Å². The number of hydrogen-bond donors (Lipinski definition) is 2. The van der Waals surface area contributed by atoms with E-state index in [1.807, 2.05) is 24.3 Å². The lowest BCUT2D eigenvalue weighted by Crippen LogP contribution is -2.41. The molecule has 0 bridgehead atoms. The average molecular weight is 480 g/mol. The molecule has 2 N–H and O–H groups in total. The number of nitrogens with zero attached hydrogens (tertiary/aromatic N) is 4. The Bertz CT molecular complexity index is 1400. The number of rotatable bonds is 4. The SMILES string of the molecule is O=C(Nc1cncc2cn[nH]c12)C(=O)N(Cc1ccc(C(F)(F)F)cn1)C1CCc2ccccc21. The zero-order valence-electron chi connectivity index (χ0n) is 18.2. The third kappa shape index (κ3) is 4.44. The van der Waals surface area contributed by atoms with Crippen LogP contribution < -0.4 is 5.32 Å². The molecule has 35 heavy (non-hydrogen) atoms. The van der Waals surface area contributed by atoms with Gasteiger partial charge in [-0.3, -0.25) is 24.7 Å². The molecular weight excluding hydrogens is 461 g/mol. The van der Waals surface area contributed by atoms with Gasteiger partial charge in [0.1, 0.15) is 0 Å². The maximum absolute atomic E-state index is 13.4.